The van der Waals surface area contributed by atoms with E-state index in [1.54, 1.807) is 6.26 Å². The smallest absolute Gasteiger partial charge is 0.127 e. The molecule has 0 aliphatic heterocycles. The normalized spacial score (nSPS) is 13.4. The molecule has 0 spiro atoms. The fraction of sp³-hybridized carbons (Fsp3) is 0.278. The molecular weight excluding hydrogens is 294 g/mol. The summed E-state index contributed by atoms with van der Waals surface area (Å²) < 4.78 is 14.1. The van der Waals surface area contributed by atoms with Crippen LogP contribution in [0.15, 0.2) is 42.5 Å². The topological polar surface area (TPSA) is 46.2 Å². The SMILES string of the molecule is Cc1cccc(C(C=O)Cc2cccc(NS(C)=O)c2)c1C. The van der Waals surface area contributed by atoms with E-state index in [1.807, 2.05) is 36.4 Å². The molecule has 1 N–H and O–H groups in total. The molecule has 0 amide bonds. The van der Waals surface area contributed by atoms with Crippen molar-refractivity contribution < 1.29 is 9.00 Å². The van der Waals surface area contributed by atoms with Crippen LogP contribution in [-0.2, 0) is 22.2 Å². The molecule has 2 rings (SSSR count). The predicted octanol–water partition coefficient (Wildman–Crippen LogP) is 3.53. The van der Waals surface area contributed by atoms with Crippen LogP contribution in [0.5, 0.6) is 0 Å². The van der Waals surface area contributed by atoms with Crippen molar-refractivity contribution in [2.45, 2.75) is 26.2 Å². The second kappa shape index (κ2) is 7.36. The zero-order chi connectivity index (χ0) is 16.1. The minimum atomic E-state index is -1.10. The van der Waals surface area contributed by atoms with Crippen LogP contribution >= 0.6 is 0 Å². The van der Waals surface area contributed by atoms with Crippen molar-refractivity contribution in [2.75, 3.05) is 11.0 Å². The minimum absolute atomic E-state index is 0.165. The third kappa shape index (κ3) is 4.04. The number of hydrogen-bond donors (Lipinski definition) is 1. The molecule has 0 bridgehead atoms. The lowest BCUT2D eigenvalue weighted by Crippen LogP contribution is -2.08. The highest BCUT2D eigenvalue weighted by molar-refractivity contribution is 7.85. The summed E-state index contributed by atoms with van der Waals surface area (Å²) in [5, 5.41) is 0. The Morgan fingerprint density at radius 3 is 2.59 bits per heavy atom. The van der Waals surface area contributed by atoms with Crippen molar-refractivity contribution >= 4 is 23.0 Å². The molecule has 4 heteroatoms. The number of hydrogen-bond acceptors (Lipinski definition) is 2. The Morgan fingerprint density at radius 1 is 1.18 bits per heavy atom. The molecule has 2 atom stereocenters. The van der Waals surface area contributed by atoms with E-state index in [-0.39, 0.29) is 5.92 Å². The summed E-state index contributed by atoms with van der Waals surface area (Å²) in [5.74, 6) is -0.165. The molecule has 2 aromatic rings. The van der Waals surface area contributed by atoms with Gasteiger partial charge >= 0.3 is 0 Å². The van der Waals surface area contributed by atoms with Gasteiger partial charge in [0, 0.05) is 17.9 Å². The number of aryl methyl sites for hydroxylation is 1. The number of carbonyl (C=O) groups excluding carboxylic acids is 1. The minimum Gasteiger partial charge on any atom is -0.305 e. The third-order valence-electron chi connectivity index (χ3n) is 3.85. The van der Waals surface area contributed by atoms with E-state index in [0.29, 0.717) is 6.42 Å². The summed E-state index contributed by atoms with van der Waals surface area (Å²) in [6.07, 6.45) is 3.25. The van der Waals surface area contributed by atoms with Crippen molar-refractivity contribution in [1.82, 2.24) is 0 Å². The van der Waals surface area contributed by atoms with Crippen LogP contribution in [0.3, 0.4) is 0 Å². The molecule has 2 aromatic carbocycles. The first kappa shape index (κ1) is 16.4. The average molecular weight is 315 g/mol. The van der Waals surface area contributed by atoms with E-state index < -0.39 is 11.0 Å². The first-order chi connectivity index (χ1) is 10.5. The average Bonchev–Trinajstić information content (AvgIpc) is 2.48. The van der Waals surface area contributed by atoms with Gasteiger partial charge in [0.15, 0.2) is 0 Å². The molecule has 0 fully saturated rings. The van der Waals surface area contributed by atoms with Gasteiger partial charge in [-0.1, -0.05) is 30.3 Å². The van der Waals surface area contributed by atoms with Gasteiger partial charge in [-0.15, -0.1) is 0 Å². The summed E-state index contributed by atoms with van der Waals surface area (Å²) >= 11 is 0. The summed E-state index contributed by atoms with van der Waals surface area (Å²) in [7, 11) is -1.10. The first-order valence-electron chi connectivity index (χ1n) is 7.21. The quantitative estimate of drug-likeness (QED) is 0.829. The highest BCUT2D eigenvalue weighted by Crippen LogP contribution is 2.25. The lowest BCUT2D eigenvalue weighted by Gasteiger charge is -2.16. The van der Waals surface area contributed by atoms with Crippen LogP contribution in [0.2, 0.25) is 0 Å². The Morgan fingerprint density at radius 2 is 1.91 bits per heavy atom. The Hall–Kier alpha value is -1.94. The van der Waals surface area contributed by atoms with Gasteiger partial charge < -0.3 is 9.52 Å². The molecule has 3 nitrogen and oxygen atoms in total. The van der Waals surface area contributed by atoms with E-state index in [0.717, 1.165) is 23.1 Å². The fourth-order valence-corrected chi connectivity index (χ4v) is 3.05. The molecule has 0 saturated heterocycles. The molecule has 0 saturated carbocycles. The largest absolute Gasteiger partial charge is 0.305 e. The number of aldehydes is 1. The third-order valence-corrected chi connectivity index (χ3v) is 4.38. The number of rotatable bonds is 6. The Bertz CT molecular complexity index is 697. The predicted molar refractivity (Wildman–Crippen MR) is 92.6 cm³/mol. The van der Waals surface area contributed by atoms with Gasteiger partial charge in [-0.2, -0.15) is 0 Å². The lowest BCUT2D eigenvalue weighted by atomic mass is 9.88. The summed E-state index contributed by atoms with van der Waals surface area (Å²) in [4.78, 5) is 11.6. The molecule has 2 unspecified atom stereocenters. The summed E-state index contributed by atoms with van der Waals surface area (Å²) in [6.45, 7) is 4.11. The van der Waals surface area contributed by atoms with Crippen LogP contribution in [0.4, 0.5) is 5.69 Å². The molecule has 0 radical (unpaired) electrons. The summed E-state index contributed by atoms with van der Waals surface area (Å²) in [5.41, 5.74) is 5.30. The molecular formula is C18H21NO2S. The molecule has 116 valence electrons. The van der Waals surface area contributed by atoms with Gasteiger partial charge in [0.1, 0.15) is 17.3 Å². The van der Waals surface area contributed by atoms with Crippen LogP contribution in [-0.4, -0.2) is 16.8 Å². The maximum atomic E-state index is 11.6. The van der Waals surface area contributed by atoms with E-state index in [4.69, 9.17) is 0 Å². The number of carbonyl (C=O) groups is 1. The highest BCUT2D eigenvalue weighted by Gasteiger charge is 2.15. The van der Waals surface area contributed by atoms with Crippen molar-refractivity contribution in [2.24, 2.45) is 0 Å². The number of nitrogens with one attached hydrogen (secondary N) is 1. The molecule has 0 aromatic heterocycles. The van der Waals surface area contributed by atoms with E-state index in [9.17, 15) is 9.00 Å². The Kier molecular flexibility index (Phi) is 5.50. The van der Waals surface area contributed by atoms with Crippen LogP contribution < -0.4 is 4.72 Å². The van der Waals surface area contributed by atoms with Gasteiger partial charge in [-0.3, -0.25) is 0 Å². The van der Waals surface area contributed by atoms with Crippen molar-refractivity contribution in [3.05, 3.63) is 64.7 Å². The van der Waals surface area contributed by atoms with Gasteiger partial charge in [-0.05, 0) is 54.7 Å². The van der Waals surface area contributed by atoms with Crippen molar-refractivity contribution in [1.29, 1.82) is 0 Å². The van der Waals surface area contributed by atoms with Gasteiger partial charge in [-0.25, -0.2) is 4.21 Å². The zero-order valence-corrected chi connectivity index (χ0v) is 13.9. The highest BCUT2D eigenvalue weighted by atomic mass is 32.2. The van der Waals surface area contributed by atoms with Crippen LogP contribution in [0, 0.1) is 13.8 Å². The fourth-order valence-electron chi connectivity index (χ4n) is 2.59. The van der Waals surface area contributed by atoms with Crippen LogP contribution in [0.25, 0.3) is 0 Å². The second-order valence-corrected chi connectivity index (χ2v) is 6.60. The second-order valence-electron chi connectivity index (χ2n) is 5.49. The molecule has 22 heavy (non-hydrogen) atoms. The zero-order valence-electron chi connectivity index (χ0n) is 13.1. The van der Waals surface area contributed by atoms with Crippen molar-refractivity contribution in [3.63, 3.8) is 0 Å². The van der Waals surface area contributed by atoms with E-state index in [2.05, 4.69) is 24.6 Å². The Balaban J connectivity index is 2.25. The number of anilines is 1. The summed E-state index contributed by atoms with van der Waals surface area (Å²) in [6, 6.07) is 13.8. The van der Waals surface area contributed by atoms with Gasteiger partial charge in [0.05, 0.1) is 0 Å². The monoisotopic (exact) mass is 315 g/mol. The molecule has 0 aliphatic rings. The van der Waals surface area contributed by atoms with E-state index in [1.165, 1.54) is 11.1 Å². The molecule has 0 heterocycles. The van der Waals surface area contributed by atoms with Gasteiger partial charge in [0.25, 0.3) is 0 Å². The van der Waals surface area contributed by atoms with Gasteiger partial charge in [0.2, 0.25) is 0 Å². The first-order valence-corrected chi connectivity index (χ1v) is 8.77. The van der Waals surface area contributed by atoms with Crippen LogP contribution in [0.1, 0.15) is 28.2 Å². The maximum absolute atomic E-state index is 11.6. The van der Waals surface area contributed by atoms with E-state index >= 15 is 0 Å². The molecule has 0 aliphatic carbocycles. The van der Waals surface area contributed by atoms with Crippen molar-refractivity contribution in [3.8, 4) is 0 Å². The lowest BCUT2D eigenvalue weighted by molar-refractivity contribution is -0.109. The number of benzene rings is 2. The maximum Gasteiger partial charge on any atom is 0.127 e. The standard InChI is InChI=1S/C18H21NO2S/c1-13-6-4-9-18(14(13)2)16(12-20)10-15-7-5-8-17(11-15)19-22(3)21/h4-9,11-12,16,19H,10H2,1-3H3. The Labute approximate surface area is 134 Å².